The minimum absolute atomic E-state index is 0.651. The molecule has 1 aromatic heterocycles. The third kappa shape index (κ3) is 5.27. The molecule has 0 amide bonds. The van der Waals surface area contributed by atoms with Crippen LogP contribution in [0.2, 0.25) is 0 Å². The molecule has 1 aromatic carbocycles. The van der Waals surface area contributed by atoms with Gasteiger partial charge in [-0.3, -0.25) is 0 Å². The Morgan fingerprint density at radius 3 is 2.77 bits per heavy atom. The zero-order valence-corrected chi connectivity index (χ0v) is 14.8. The first-order valence-corrected chi connectivity index (χ1v) is 8.09. The second kappa shape index (κ2) is 8.10. The number of benzene rings is 1. The summed E-state index contributed by atoms with van der Waals surface area (Å²) in [5, 5.41) is 6.55. The number of halogens is 1. The van der Waals surface area contributed by atoms with Crippen molar-refractivity contribution in [2.24, 2.45) is 0 Å². The maximum absolute atomic E-state index is 4.48. The summed E-state index contributed by atoms with van der Waals surface area (Å²) in [4.78, 5) is 10.9. The number of nitrogens with one attached hydrogen (secondary N) is 2. The monoisotopic (exact) mass is 363 g/mol. The molecule has 0 bridgehead atoms. The molecule has 6 heteroatoms. The molecule has 5 nitrogen and oxygen atoms in total. The van der Waals surface area contributed by atoms with Gasteiger partial charge in [0.1, 0.15) is 5.82 Å². The van der Waals surface area contributed by atoms with E-state index in [2.05, 4.69) is 68.5 Å². The van der Waals surface area contributed by atoms with E-state index in [1.165, 1.54) is 5.56 Å². The van der Waals surface area contributed by atoms with Crippen LogP contribution < -0.4 is 10.6 Å². The van der Waals surface area contributed by atoms with Gasteiger partial charge in [0.05, 0.1) is 0 Å². The smallest absolute Gasteiger partial charge is 0.224 e. The Balaban J connectivity index is 1.94. The van der Waals surface area contributed by atoms with Crippen molar-refractivity contribution in [3.05, 3.63) is 40.5 Å². The second-order valence-corrected chi connectivity index (χ2v) is 6.29. The highest BCUT2D eigenvalue weighted by Crippen LogP contribution is 2.22. The van der Waals surface area contributed by atoms with Gasteiger partial charge >= 0.3 is 0 Å². The van der Waals surface area contributed by atoms with Gasteiger partial charge in [-0.25, -0.2) is 4.98 Å². The fraction of sp³-hybridized carbons (Fsp3) is 0.375. The van der Waals surface area contributed by atoms with Crippen LogP contribution in [0.25, 0.3) is 0 Å². The molecule has 2 N–H and O–H groups in total. The van der Waals surface area contributed by atoms with Crippen LogP contribution in [-0.2, 0) is 0 Å². The maximum atomic E-state index is 4.48. The fourth-order valence-electron chi connectivity index (χ4n) is 1.98. The Morgan fingerprint density at radius 1 is 1.23 bits per heavy atom. The van der Waals surface area contributed by atoms with Crippen LogP contribution in [0.5, 0.6) is 0 Å². The van der Waals surface area contributed by atoms with Gasteiger partial charge in [-0.05, 0) is 63.8 Å². The molecule has 118 valence electrons. The predicted octanol–water partition coefficient (Wildman–Crippen LogP) is 3.65. The van der Waals surface area contributed by atoms with Gasteiger partial charge < -0.3 is 15.5 Å². The minimum Gasteiger partial charge on any atom is -0.354 e. The molecule has 0 saturated heterocycles. The number of aryl methyl sites for hydroxylation is 1. The van der Waals surface area contributed by atoms with E-state index >= 15 is 0 Å². The number of rotatable bonds is 7. The summed E-state index contributed by atoms with van der Waals surface area (Å²) < 4.78 is 1.10. The van der Waals surface area contributed by atoms with E-state index in [1.54, 1.807) is 6.20 Å². The van der Waals surface area contributed by atoms with Crippen molar-refractivity contribution in [1.82, 2.24) is 14.9 Å². The van der Waals surface area contributed by atoms with E-state index in [0.29, 0.717) is 5.95 Å². The highest BCUT2D eigenvalue weighted by Gasteiger charge is 2.02. The summed E-state index contributed by atoms with van der Waals surface area (Å²) in [6, 6.07) is 7.99. The number of hydrogen-bond acceptors (Lipinski definition) is 5. The Bertz CT molecular complexity index is 615. The topological polar surface area (TPSA) is 53.1 Å². The van der Waals surface area contributed by atoms with Crippen LogP contribution in [0.15, 0.2) is 34.9 Å². The Labute approximate surface area is 140 Å². The van der Waals surface area contributed by atoms with Crippen LogP contribution in [0.4, 0.5) is 17.5 Å². The van der Waals surface area contributed by atoms with Gasteiger partial charge in [0.2, 0.25) is 5.95 Å². The molecule has 0 aliphatic carbocycles. The highest BCUT2D eigenvalue weighted by molar-refractivity contribution is 9.10. The standard InChI is InChI=1S/C16H22BrN5/c1-12-11-13(5-6-14(12)17)20-15-7-9-19-16(21-15)18-8-4-10-22(2)3/h5-7,9,11H,4,8,10H2,1-3H3,(H2,18,19,20,21). The van der Waals surface area contributed by atoms with Crippen molar-refractivity contribution in [3.8, 4) is 0 Å². The lowest BCUT2D eigenvalue weighted by Crippen LogP contribution is -2.17. The van der Waals surface area contributed by atoms with E-state index in [4.69, 9.17) is 0 Å². The molecule has 0 spiro atoms. The molecule has 1 heterocycles. The number of nitrogens with zero attached hydrogens (tertiary/aromatic N) is 3. The summed E-state index contributed by atoms with van der Waals surface area (Å²) in [5.74, 6) is 1.43. The van der Waals surface area contributed by atoms with E-state index < -0.39 is 0 Å². The molecule has 0 unspecified atom stereocenters. The van der Waals surface area contributed by atoms with Crippen molar-refractivity contribution in [2.45, 2.75) is 13.3 Å². The highest BCUT2D eigenvalue weighted by atomic mass is 79.9. The first kappa shape index (κ1) is 16.7. The number of aromatic nitrogens is 2. The van der Waals surface area contributed by atoms with Gasteiger partial charge in [0, 0.05) is 22.9 Å². The van der Waals surface area contributed by atoms with Crippen molar-refractivity contribution >= 4 is 33.4 Å². The molecule has 22 heavy (non-hydrogen) atoms. The van der Waals surface area contributed by atoms with Gasteiger partial charge in [-0.2, -0.15) is 4.98 Å². The van der Waals surface area contributed by atoms with Crippen LogP contribution in [0.3, 0.4) is 0 Å². The lowest BCUT2D eigenvalue weighted by atomic mass is 10.2. The average Bonchev–Trinajstić information content (AvgIpc) is 2.48. The lowest BCUT2D eigenvalue weighted by Gasteiger charge is -2.11. The summed E-state index contributed by atoms with van der Waals surface area (Å²) >= 11 is 3.50. The SMILES string of the molecule is Cc1cc(Nc2ccnc(NCCCN(C)C)n2)ccc1Br. The number of anilines is 3. The van der Waals surface area contributed by atoms with Crippen LogP contribution in [0, 0.1) is 6.92 Å². The summed E-state index contributed by atoms with van der Waals surface area (Å²) in [6.07, 6.45) is 2.81. The van der Waals surface area contributed by atoms with Crippen molar-refractivity contribution in [3.63, 3.8) is 0 Å². The summed E-state index contributed by atoms with van der Waals surface area (Å²) in [6.45, 7) is 3.97. The van der Waals surface area contributed by atoms with E-state index in [-0.39, 0.29) is 0 Å². The predicted molar refractivity (Wildman–Crippen MR) is 95.9 cm³/mol. The first-order valence-electron chi connectivity index (χ1n) is 7.29. The third-order valence-corrected chi connectivity index (χ3v) is 4.04. The number of hydrogen-bond donors (Lipinski definition) is 2. The Kier molecular flexibility index (Phi) is 6.15. The fourth-order valence-corrected chi connectivity index (χ4v) is 2.23. The van der Waals surface area contributed by atoms with Gasteiger partial charge in [0.25, 0.3) is 0 Å². The zero-order valence-electron chi connectivity index (χ0n) is 13.2. The largest absolute Gasteiger partial charge is 0.354 e. The van der Waals surface area contributed by atoms with Gasteiger partial charge in [0.15, 0.2) is 0 Å². The van der Waals surface area contributed by atoms with E-state index in [1.807, 2.05) is 18.2 Å². The second-order valence-electron chi connectivity index (χ2n) is 5.44. The molecule has 0 saturated carbocycles. The molecule has 0 radical (unpaired) electrons. The quantitative estimate of drug-likeness (QED) is 0.735. The van der Waals surface area contributed by atoms with Crippen molar-refractivity contribution < 1.29 is 0 Å². The third-order valence-electron chi connectivity index (χ3n) is 3.15. The van der Waals surface area contributed by atoms with Crippen LogP contribution in [-0.4, -0.2) is 42.1 Å². The molecule has 2 aromatic rings. The maximum Gasteiger partial charge on any atom is 0.224 e. The molecular weight excluding hydrogens is 342 g/mol. The summed E-state index contributed by atoms with van der Waals surface area (Å²) in [5.41, 5.74) is 2.19. The molecule has 0 aliphatic rings. The summed E-state index contributed by atoms with van der Waals surface area (Å²) in [7, 11) is 4.14. The average molecular weight is 364 g/mol. The molecule has 2 rings (SSSR count). The van der Waals surface area contributed by atoms with Crippen LogP contribution >= 0.6 is 15.9 Å². The Morgan fingerprint density at radius 2 is 2.05 bits per heavy atom. The molecule has 0 atom stereocenters. The van der Waals surface area contributed by atoms with Gasteiger partial charge in [-0.1, -0.05) is 15.9 Å². The van der Waals surface area contributed by atoms with Crippen molar-refractivity contribution in [2.75, 3.05) is 37.8 Å². The van der Waals surface area contributed by atoms with Crippen molar-refractivity contribution in [1.29, 1.82) is 0 Å². The van der Waals surface area contributed by atoms with E-state index in [9.17, 15) is 0 Å². The lowest BCUT2D eigenvalue weighted by molar-refractivity contribution is 0.405. The minimum atomic E-state index is 0.651. The van der Waals surface area contributed by atoms with Crippen LogP contribution in [0.1, 0.15) is 12.0 Å². The molecule has 0 fully saturated rings. The first-order chi connectivity index (χ1) is 10.5. The van der Waals surface area contributed by atoms with Gasteiger partial charge in [-0.15, -0.1) is 0 Å². The Hall–Kier alpha value is -1.66. The molecule has 0 aliphatic heterocycles. The van der Waals surface area contributed by atoms with E-state index in [0.717, 1.165) is 35.5 Å². The molecular formula is C16H22BrN5. The zero-order chi connectivity index (χ0) is 15.9. The normalized spacial score (nSPS) is 10.8.